The first-order chi connectivity index (χ1) is 8.09. The molecular formula is C15H24N2. The molecule has 1 rings (SSSR count). The summed E-state index contributed by atoms with van der Waals surface area (Å²) in [5.41, 5.74) is 2.67. The van der Waals surface area contributed by atoms with Gasteiger partial charge in [0.05, 0.1) is 0 Å². The smallest absolute Gasteiger partial charge is 0.0273 e. The highest BCUT2D eigenvalue weighted by atomic mass is 14.9. The van der Waals surface area contributed by atoms with Crippen molar-refractivity contribution in [2.45, 2.75) is 27.7 Å². The van der Waals surface area contributed by atoms with E-state index < -0.39 is 0 Å². The summed E-state index contributed by atoms with van der Waals surface area (Å²) < 4.78 is 0. The number of nitrogens with one attached hydrogen (secondary N) is 1. The molecule has 0 unspecified atom stereocenters. The molecule has 0 saturated carbocycles. The number of pyridine rings is 1. The molecule has 2 heteroatoms. The van der Waals surface area contributed by atoms with Crippen LogP contribution >= 0.6 is 0 Å². The highest BCUT2D eigenvalue weighted by Crippen LogP contribution is 2.13. The van der Waals surface area contributed by atoms with Crippen LogP contribution in [0.4, 0.5) is 0 Å². The van der Waals surface area contributed by atoms with Gasteiger partial charge in [-0.3, -0.25) is 4.98 Å². The van der Waals surface area contributed by atoms with Crippen molar-refractivity contribution in [3.05, 3.63) is 35.7 Å². The standard InChI is InChI=1S/C15H24N2/c1-12(2)10-17-11-15(13(3)4)9-14-5-7-16-8-6-14/h5-9,12-13,17H,10-11H2,1-4H3. The minimum absolute atomic E-state index is 0.572. The summed E-state index contributed by atoms with van der Waals surface area (Å²) in [6.45, 7) is 11.0. The minimum atomic E-state index is 0.572. The number of nitrogens with zero attached hydrogens (tertiary/aromatic N) is 1. The van der Waals surface area contributed by atoms with Crippen molar-refractivity contribution in [3.63, 3.8) is 0 Å². The molecule has 0 radical (unpaired) electrons. The summed E-state index contributed by atoms with van der Waals surface area (Å²) in [6.07, 6.45) is 5.94. The molecule has 0 aliphatic heterocycles. The molecule has 0 aliphatic rings. The normalized spacial score (nSPS) is 12.5. The Kier molecular flexibility index (Phi) is 5.92. The van der Waals surface area contributed by atoms with Gasteiger partial charge in [-0.2, -0.15) is 0 Å². The molecule has 0 fully saturated rings. The van der Waals surface area contributed by atoms with Gasteiger partial charge < -0.3 is 5.32 Å². The van der Waals surface area contributed by atoms with Crippen molar-refractivity contribution in [2.75, 3.05) is 13.1 Å². The Morgan fingerprint density at radius 2 is 1.88 bits per heavy atom. The van der Waals surface area contributed by atoms with E-state index in [1.54, 1.807) is 0 Å². The van der Waals surface area contributed by atoms with E-state index in [4.69, 9.17) is 0 Å². The van der Waals surface area contributed by atoms with E-state index in [0.717, 1.165) is 13.1 Å². The zero-order valence-electron chi connectivity index (χ0n) is 11.4. The monoisotopic (exact) mass is 232 g/mol. The SMILES string of the molecule is CC(C)CNCC(=Cc1ccncc1)C(C)C. The van der Waals surface area contributed by atoms with Crippen LogP contribution in [0, 0.1) is 11.8 Å². The van der Waals surface area contributed by atoms with Crippen LogP contribution in [-0.4, -0.2) is 18.1 Å². The van der Waals surface area contributed by atoms with E-state index in [2.05, 4.69) is 44.1 Å². The molecule has 0 atom stereocenters. The molecule has 94 valence electrons. The summed E-state index contributed by atoms with van der Waals surface area (Å²) in [5.74, 6) is 1.27. The first-order valence-corrected chi connectivity index (χ1v) is 6.40. The molecule has 1 heterocycles. The molecule has 0 aliphatic carbocycles. The third-order valence-corrected chi connectivity index (χ3v) is 2.68. The Hall–Kier alpha value is -1.15. The van der Waals surface area contributed by atoms with Gasteiger partial charge >= 0.3 is 0 Å². The molecule has 0 amide bonds. The Bertz CT molecular complexity index is 339. The van der Waals surface area contributed by atoms with Gasteiger partial charge in [0.1, 0.15) is 0 Å². The predicted molar refractivity (Wildman–Crippen MR) is 74.8 cm³/mol. The van der Waals surface area contributed by atoms with Crippen LogP contribution in [0.2, 0.25) is 0 Å². The van der Waals surface area contributed by atoms with Gasteiger partial charge in [0.15, 0.2) is 0 Å². The molecule has 0 saturated heterocycles. The summed E-state index contributed by atoms with van der Waals surface area (Å²) in [5, 5.41) is 3.50. The number of rotatable bonds is 6. The van der Waals surface area contributed by atoms with Crippen molar-refractivity contribution >= 4 is 6.08 Å². The van der Waals surface area contributed by atoms with E-state index in [1.165, 1.54) is 11.1 Å². The van der Waals surface area contributed by atoms with Gasteiger partial charge in [-0.25, -0.2) is 0 Å². The number of hydrogen-bond donors (Lipinski definition) is 1. The molecule has 2 nitrogen and oxygen atoms in total. The van der Waals surface area contributed by atoms with Crippen LogP contribution in [0.3, 0.4) is 0 Å². The maximum Gasteiger partial charge on any atom is 0.0273 e. The number of aromatic nitrogens is 1. The molecule has 0 bridgehead atoms. The van der Waals surface area contributed by atoms with Crippen molar-refractivity contribution in [2.24, 2.45) is 11.8 Å². The molecular weight excluding hydrogens is 208 g/mol. The van der Waals surface area contributed by atoms with Crippen LogP contribution in [0.15, 0.2) is 30.1 Å². The van der Waals surface area contributed by atoms with E-state index in [9.17, 15) is 0 Å². The van der Waals surface area contributed by atoms with Gasteiger partial charge in [0.2, 0.25) is 0 Å². The van der Waals surface area contributed by atoms with E-state index in [-0.39, 0.29) is 0 Å². The van der Waals surface area contributed by atoms with Gasteiger partial charge in [0.25, 0.3) is 0 Å². The summed E-state index contributed by atoms with van der Waals surface area (Å²) >= 11 is 0. The fraction of sp³-hybridized carbons (Fsp3) is 0.533. The fourth-order valence-corrected chi connectivity index (χ4v) is 1.60. The first kappa shape index (κ1) is 13.9. The third kappa shape index (κ3) is 5.64. The molecule has 1 aromatic heterocycles. The van der Waals surface area contributed by atoms with Crippen molar-refractivity contribution in [1.29, 1.82) is 0 Å². The van der Waals surface area contributed by atoms with Crippen molar-refractivity contribution in [1.82, 2.24) is 10.3 Å². The second-order valence-electron chi connectivity index (χ2n) is 5.18. The maximum absolute atomic E-state index is 4.04. The lowest BCUT2D eigenvalue weighted by Crippen LogP contribution is -2.23. The van der Waals surface area contributed by atoms with Gasteiger partial charge in [0, 0.05) is 18.9 Å². The van der Waals surface area contributed by atoms with Crippen LogP contribution in [0.25, 0.3) is 6.08 Å². The van der Waals surface area contributed by atoms with Crippen molar-refractivity contribution in [3.8, 4) is 0 Å². The third-order valence-electron chi connectivity index (χ3n) is 2.68. The Morgan fingerprint density at radius 1 is 1.24 bits per heavy atom. The van der Waals surface area contributed by atoms with Crippen molar-refractivity contribution < 1.29 is 0 Å². The van der Waals surface area contributed by atoms with E-state index >= 15 is 0 Å². The van der Waals surface area contributed by atoms with Gasteiger partial charge in [-0.1, -0.05) is 39.3 Å². The topological polar surface area (TPSA) is 24.9 Å². The number of hydrogen-bond acceptors (Lipinski definition) is 2. The Balaban J connectivity index is 2.63. The second kappa shape index (κ2) is 7.23. The molecule has 1 N–H and O–H groups in total. The van der Waals surface area contributed by atoms with Crippen LogP contribution in [0.1, 0.15) is 33.3 Å². The fourth-order valence-electron chi connectivity index (χ4n) is 1.60. The Labute approximate surface area is 105 Å². The largest absolute Gasteiger partial charge is 0.313 e. The highest BCUT2D eigenvalue weighted by molar-refractivity contribution is 5.52. The lowest BCUT2D eigenvalue weighted by molar-refractivity contribution is 0.558. The summed E-state index contributed by atoms with van der Waals surface area (Å²) in [4.78, 5) is 4.04. The van der Waals surface area contributed by atoms with E-state index in [1.807, 2.05) is 24.5 Å². The van der Waals surface area contributed by atoms with Crippen LogP contribution < -0.4 is 5.32 Å². The molecule has 0 spiro atoms. The lowest BCUT2D eigenvalue weighted by Gasteiger charge is -2.14. The zero-order valence-corrected chi connectivity index (χ0v) is 11.4. The minimum Gasteiger partial charge on any atom is -0.313 e. The maximum atomic E-state index is 4.04. The second-order valence-corrected chi connectivity index (χ2v) is 5.18. The summed E-state index contributed by atoms with van der Waals surface area (Å²) in [7, 11) is 0. The van der Waals surface area contributed by atoms with Gasteiger partial charge in [-0.05, 0) is 36.1 Å². The molecule has 17 heavy (non-hydrogen) atoms. The van der Waals surface area contributed by atoms with Gasteiger partial charge in [-0.15, -0.1) is 0 Å². The zero-order chi connectivity index (χ0) is 12.7. The van der Waals surface area contributed by atoms with Crippen LogP contribution in [0.5, 0.6) is 0 Å². The summed E-state index contributed by atoms with van der Waals surface area (Å²) in [6, 6.07) is 4.09. The first-order valence-electron chi connectivity index (χ1n) is 6.40. The quantitative estimate of drug-likeness (QED) is 0.813. The predicted octanol–water partition coefficient (Wildman–Crippen LogP) is 3.37. The highest BCUT2D eigenvalue weighted by Gasteiger charge is 2.03. The molecule has 1 aromatic rings. The van der Waals surface area contributed by atoms with Crippen LogP contribution in [-0.2, 0) is 0 Å². The van der Waals surface area contributed by atoms with E-state index in [0.29, 0.717) is 11.8 Å². The average Bonchev–Trinajstić information content (AvgIpc) is 2.28. The lowest BCUT2D eigenvalue weighted by atomic mass is 10.0. The average molecular weight is 232 g/mol. The Morgan fingerprint density at radius 3 is 2.41 bits per heavy atom. The molecule has 0 aromatic carbocycles.